The Bertz CT molecular complexity index is 796. The Kier molecular flexibility index (Phi) is 7.49. The van der Waals surface area contributed by atoms with Gasteiger partial charge in [-0.05, 0) is 41.5 Å². The molecule has 2 aromatic rings. The zero-order chi connectivity index (χ0) is 19.6. The van der Waals surface area contributed by atoms with Crippen molar-refractivity contribution in [1.82, 2.24) is 5.32 Å². The monoisotopic (exact) mass is 366 g/mol. The summed E-state index contributed by atoms with van der Waals surface area (Å²) in [7, 11) is 5.57. The van der Waals surface area contributed by atoms with E-state index in [1.54, 1.807) is 19.3 Å². The van der Waals surface area contributed by atoms with Crippen molar-refractivity contribution in [3.8, 4) is 11.5 Å². The van der Waals surface area contributed by atoms with E-state index in [1.807, 2.05) is 61.5 Å². The lowest BCUT2D eigenvalue weighted by Crippen LogP contribution is -2.20. The molecule has 0 saturated heterocycles. The molecule has 2 aromatic carbocycles. The van der Waals surface area contributed by atoms with Gasteiger partial charge in [0.05, 0.1) is 7.11 Å². The maximum atomic E-state index is 12.1. The molecule has 0 atom stereocenters. The van der Waals surface area contributed by atoms with Crippen molar-refractivity contribution in [3.05, 3.63) is 72.3 Å². The molecule has 5 nitrogen and oxygen atoms in total. The van der Waals surface area contributed by atoms with Crippen LogP contribution in [0.25, 0.3) is 6.08 Å². The molecule has 27 heavy (non-hydrogen) atoms. The Balaban J connectivity index is 1.92. The highest BCUT2D eigenvalue weighted by Gasteiger charge is 2.04. The zero-order valence-electron chi connectivity index (χ0n) is 16.1. The van der Waals surface area contributed by atoms with Crippen LogP contribution in [-0.4, -0.2) is 33.7 Å². The van der Waals surface area contributed by atoms with Crippen LogP contribution < -0.4 is 19.7 Å². The molecule has 0 heterocycles. The molecule has 0 aromatic heterocycles. The Morgan fingerprint density at radius 1 is 1.15 bits per heavy atom. The predicted molar refractivity (Wildman–Crippen MR) is 110 cm³/mol. The maximum Gasteiger partial charge on any atom is 0.244 e. The molecular formula is C22H26N2O3. The number of amides is 1. The van der Waals surface area contributed by atoms with Gasteiger partial charge >= 0.3 is 0 Å². The summed E-state index contributed by atoms with van der Waals surface area (Å²) < 4.78 is 10.8. The van der Waals surface area contributed by atoms with Crippen molar-refractivity contribution in [1.29, 1.82) is 0 Å². The molecule has 0 fully saturated rings. The molecule has 0 aliphatic carbocycles. The summed E-state index contributed by atoms with van der Waals surface area (Å²) in [5, 5.41) is 2.88. The molecule has 0 bridgehead atoms. The lowest BCUT2D eigenvalue weighted by molar-refractivity contribution is -0.116. The second kappa shape index (κ2) is 10.1. The largest absolute Gasteiger partial charge is 0.493 e. The summed E-state index contributed by atoms with van der Waals surface area (Å²) in [6.45, 7) is 4.51. The molecule has 0 spiro atoms. The average molecular weight is 366 g/mol. The Morgan fingerprint density at radius 3 is 2.52 bits per heavy atom. The topological polar surface area (TPSA) is 50.8 Å². The molecule has 1 N–H and O–H groups in total. The summed E-state index contributed by atoms with van der Waals surface area (Å²) in [5.74, 6) is 1.10. The van der Waals surface area contributed by atoms with Crippen LogP contribution >= 0.6 is 0 Å². The number of anilines is 1. The molecule has 2 rings (SSSR count). The molecule has 0 aliphatic heterocycles. The number of ether oxygens (including phenoxy) is 2. The van der Waals surface area contributed by atoms with Gasteiger partial charge in [0.1, 0.15) is 6.61 Å². The molecule has 0 saturated carbocycles. The van der Waals surface area contributed by atoms with Gasteiger partial charge in [0.15, 0.2) is 11.5 Å². The van der Waals surface area contributed by atoms with Crippen molar-refractivity contribution in [3.63, 3.8) is 0 Å². The molecule has 1 amide bonds. The van der Waals surface area contributed by atoms with Crippen LogP contribution in [0.5, 0.6) is 11.5 Å². The highest BCUT2D eigenvalue weighted by atomic mass is 16.5. The lowest BCUT2D eigenvalue weighted by atomic mass is 10.1. The van der Waals surface area contributed by atoms with E-state index >= 15 is 0 Å². The van der Waals surface area contributed by atoms with Crippen LogP contribution in [0.2, 0.25) is 0 Å². The molecule has 5 heteroatoms. The molecule has 142 valence electrons. The number of rotatable bonds is 9. The predicted octanol–water partition coefficient (Wildman–Crippen LogP) is 3.66. The van der Waals surface area contributed by atoms with E-state index in [2.05, 4.69) is 11.9 Å². The number of carbonyl (C=O) groups excluding carboxylic acids is 1. The average Bonchev–Trinajstić information content (AvgIpc) is 2.69. The number of hydrogen-bond donors (Lipinski definition) is 1. The third-order valence-corrected chi connectivity index (χ3v) is 3.89. The van der Waals surface area contributed by atoms with Gasteiger partial charge < -0.3 is 19.7 Å². The van der Waals surface area contributed by atoms with Gasteiger partial charge in [0.2, 0.25) is 5.91 Å². The zero-order valence-corrected chi connectivity index (χ0v) is 16.1. The lowest BCUT2D eigenvalue weighted by Gasteiger charge is -2.12. The van der Waals surface area contributed by atoms with Crippen molar-refractivity contribution in [2.45, 2.75) is 6.54 Å². The second-order valence-electron chi connectivity index (χ2n) is 6.12. The van der Waals surface area contributed by atoms with Gasteiger partial charge in [0.25, 0.3) is 0 Å². The first-order valence-corrected chi connectivity index (χ1v) is 8.67. The van der Waals surface area contributed by atoms with Gasteiger partial charge in [-0.3, -0.25) is 4.79 Å². The molecule has 0 radical (unpaired) electrons. The molecule has 0 unspecified atom stereocenters. The highest BCUT2D eigenvalue weighted by molar-refractivity contribution is 5.91. The van der Waals surface area contributed by atoms with E-state index < -0.39 is 0 Å². The minimum atomic E-state index is -0.155. The van der Waals surface area contributed by atoms with Crippen molar-refractivity contribution in [2.75, 3.05) is 32.7 Å². The Labute approximate surface area is 160 Å². The van der Waals surface area contributed by atoms with Crippen molar-refractivity contribution in [2.24, 2.45) is 0 Å². The second-order valence-corrected chi connectivity index (χ2v) is 6.12. The number of methoxy groups -OCH3 is 1. The number of hydrogen-bond acceptors (Lipinski definition) is 4. The smallest absolute Gasteiger partial charge is 0.244 e. The summed E-state index contributed by atoms with van der Waals surface area (Å²) in [6.07, 6.45) is 4.92. The van der Waals surface area contributed by atoms with Gasteiger partial charge in [-0.15, -0.1) is 0 Å². The summed E-state index contributed by atoms with van der Waals surface area (Å²) in [5.41, 5.74) is 3.02. The molecular weight excluding hydrogens is 340 g/mol. The van der Waals surface area contributed by atoms with Gasteiger partial charge in [-0.25, -0.2) is 0 Å². The number of benzene rings is 2. The van der Waals surface area contributed by atoms with Gasteiger partial charge in [-0.1, -0.05) is 30.9 Å². The van der Waals surface area contributed by atoms with E-state index in [1.165, 1.54) is 6.08 Å². The first kappa shape index (κ1) is 20.1. The summed E-state index contributed by atoms with van der Waals surface area (Å²) >= 11 is 0. The third kappa shape index (κ3) is 6.22. The quantitative estimate of drug-likeness (QED) is 0.544. The fraction of sp³-hybridized carbons (Fsp3) is 0.227. The van der Waals surface area contributed by atoms with Crippen molar-refractivity contribution >= 4 is 17.7 Å². The van der Waals surface area contributed by atoms with Crippen LogP contribution in [0.15, 0.2) is 61.2 Å². The maximum absolute atomic E-state index is 12.1. The minimum absolute atomic E-state index is 0.155. The highest BCUT2D eigenvalue weighted by Crippen LogP contribution is 2.28. The van der Waals surface area contributed by atoms with Crippen LogP contribution in [-0.2, 0) is 11.3 Å². The Morgan fingerprint density at radius 2 is 1.89 bits per heavy atom. The fourth-order valence-corrected chi connectivity index (χ4v) is 2.39. The van der Waals surface area contributed by atoms with E-state index in [4.69, 9.17) is 9.47 Å². The number of carbonyl (C=O) groups is 1. The van der Waals surface area contributed by atoms with Crippen LogP contribution in [0.4, 0.5) is 5.69 Å². The van der Waals surface area contributed by atoms with Crippen LogP contribution in [0.3, 0.4) is 0 Å². The van der Waals surface area contributed by atoms with Crippen LogP contribution in [0, 0.1) is 0 Å². The summed E-state index contributed by atoms with van der Waals surface area (Å²) in [6, 6.07) is 13.6. The first-order valence-electron chi connectivity index (χ1n) is 8.67. The SMILES string of the molecule is C=CCOc1ccc(/C=C/C(=O)NCc2ccc(N(C)C)cc2)cc1OC. The summed E-state index contributed by atoms with van der Waals surface area (Å²) in [4.78, 5) is 14.1. The van der Waals surface area contributed by atoms with Gasteiger partial charge in [-0.2, -0.15) is 0 Å². The van der Waals surface area contributed by atoms with Crippen LogP contribution in [0.1, 0.15) is 11.1 Å². The van der Waals surface area contributed by atoms with E-state index in [9.17, 15) is 4.79 Å². The van der Waals surface area contributed by atoms with Gasteiger partial charge in [0, 0.05) is 32.4 Å². The van der Waals surface area contributed by atoms with Crippen molar-refractivity contribution < 1.29 is 14.3 Å². The Hall–Kier alpha value is -3.21. The van der Waals surface area contributed by atoms with E-state index in [0.29, 0.717) is 24.7 Å². The standard InChI is InChI=1S/C22H26N2O3/c1-5-14-27-20-12-8-17(15-21(20)26-4)9-13-22(25)23-16-18-6-10-19(11-7-18)24(2)3/h5-13,15H,1,14,16H2,2-4H3,(H,23,25)/b13-9+. The number of nitrogens with one attached hydrogen (secondary N) is 1. The minimum Gasteiger partial charge on any atom is -0.493 e. The van der Waals surface area contributed by atoms with E-state index in [0.717, 1.165) is 16.8 Å². The fourth-order valence-electron chi connectivity index (χ4n) is 2.39. The number of nitrogens with zero attached hydrogens (tertiary/aromatic N) is 1. The molecule has 0 aliphatic rings. The third-order valence-electron chi connectivity index (χ3n) is 3.89. The van der Waals surface area contributed by atoms with E-state index in [-0.39, 0.29) is 5.91 Å². The first-order chi connectivity index (χ1) is 13.0. The normalized spacial score (nSPS) is 10.5.